The van der Waals surface area contributed by atoms with Gasteiger partial charge in [0.15, 0.2) is 0 Å². The fourth-order valence-corrected chi connectivity index (χ4v) is 2.78. The lowest BCUT2D eigenvalue weighted by atomic mass is 10.1. The Labute approximate surface area is 172 Å². The molecular weight excluding hydrogens is 386 g/mol. The molecule has 0 aromatic heterocycles. The standard InChI is InChI=1S/C22H19N3O5/c1-30-18-11-12-19(20(14-18)25(28)29)24-22(27)16-7-9-17(10-8-16)23-21(26)13-15-5-3-2-4-6-15/h2-12,14H,13H2,1H3,(H,23,26)(H,24,27). The molecule has 0 radical (unpaired) electrons. The van der Waals surface area contributed by atoms with E-state index in [9.17, 15) is 19.7 Å². The summed E-state index contributed by atoms with van der Waals surface area (Å²) in [6.45, 7) is 0. The molecule has 3 aromatic carbocycles. The van der Waals surface area contributed by atoms with Crippen LogP contribution < -0.4 is 15.4 Å². The minimum atomic E-state index is -0.594. The zero-order valence-electron chi connectivity index (χ0n) is 16.1. The van der Waals surface area contributed by atoms with E-state index in [1.165, 1.54) is 37.4 Å². The van der Waals surface area contributed by atoms with Crippen molar-refractivity contribution in [3.63, 3.8) is 0 Å². The number of ether oxygens (including phenoxy) is 1. The van der Waals surface area contributed by atoms with E-state index in [0.717, 1.165) is 5.56 Å². The molecule has 0 unspecified atom stereocenters. The van der Waals surface area contributed by atoms with Gasteiger partial charge >= 0.3 is 0 Å². The molecule has 0 aliphatic heterocycles. The number of nitro benzene ring substituents is 1. The fraction of sp³-hybridized carbons (Fsp3) is 0.0909. The van der Waals surface area contributed by atoms with Crippen LogP contribution in [-0.2, 0) is 11.2 Å². The van der Waals surface area contributed by atoms with Crippen molar-refractivity contribution in [2.45, 2.75) is 6.42 Å². The highest BCUT2D eigenvalue weighted by molar-refractivity contribution is 6.05. The summed E-state index contributed by atoms with van der Waals surface area (Å²) in [4.78, 5) is 35.2. The van der Waals surface area contributed by atoms with Gasteiger partial charge in [0, 0.05) is 11.3 Å². The van der Waals surface area contributed by atoms with Gasteiger partial charge in [-0.2, -0.15) is 0 Å². The molecule has 2 amide bonds. The molecule has 2 N–H and O–H groups in total. The maximum atomic E-state index is 12.5. The van der Waals surface area contributed by atoms with Crippen LogP contribution in [0, 0.1) is 10.1 Å². The normalized spacial score (nSPS) is 10.2. The monoisotopic (exact) mass is 405 g/mol. The molecule has 0 aliphatic carbocycles. The van der Waals surface area contributed by atoms with Crippen molar-refractivity contribution in [2.75, 3.05) is 17.7 Å². The maximum Gasteiger partial charge on any atom is 0.296 e. The largest absolute Gasteiger partial charge is 0.496 e. The van der Waals surface area contributed by atoms with E-state index < -0.39 is 10.8 Å². The van der Waals surface area contributed by atoms with Crippen LogP contribution in [0.2, 0.25) is 0 Å². The molecule has 8 heteroatoms. The van der Waals surface area contributed by atoms with Crippen LogP contribution in [0.25, 0.3) is 0 Å². The predicted octanol–water partition coefficient (Wildman–Crippen LogP) is 4.04. The molecular formula is C22H19N3O5. The van der Waals surface area contributed by atoms with E-state index in [1.807, 2.05) is 30.3 Å². The van der Waals surface area contributed by atoms with Crippen LogP contribution in [0.1, 0.15) is 15.9 Å². The second kappa shape index (κ2) is 9.33. The number of methoxy groups -OCH3 is 1. The Morgan fingerprint density at radius 1 is 0.967 bits per heavy atom. The summed E-state index contributed by atoms with van der Waals surface area (Å²) >= 11 is 0. The second-order valence-corrected chi connectivity index (χ2v) is 6.38. The first-order chi connectivity index (χ1) is 14.5. The summed E-state index contributed by atoms with van der Waals surface area (Å²) < 4.78 is 4.98. The van der Waals surface area contributed by atoms with Crippen molar-refractivity contribution in [3.05, 3.63) is 94.0 Å². The van der Waals surface area contributed by atoms with Crippen LogP contribution >= 0.6 is 0 Å². The van der Waals surface area contributed by atoms with E-state index >= 15 is 0 Å². The Bertz CT molecular complexity index is 1070. The summed E-state index contributed by atoms with van der Waals surface area (Å²) in [5, 5.41) is 16.5. The number of benzene rings is 3. The summed E-state index contributed by atoms with van der Waals surface area (Å²) in [6.07, 6.45) is 0.240. The van der Waals surface area contributed by atoms with E-state index in [4.69, 9.17) is 4.74 Å². The van der Waals surface area contributed by atoms with Gasteiger partial charge in [0.25, 0.3) is 11.6 Å². The molecule has 0 saturated carbocycles. The average molecular weight is 405 g/mol. The van der Waals surface area contributed by atoms with Crippen molar-refractivity contribution < 1.29 is 19.2 Å². The number of hydrogen-bond donors (Lipinski definition) is 2. The Kier molecular flexibility index (Phi) is 6.39. The topological polar surface area (TPSA) is 111 Å². The Morgan fingerprint density at radius 2 is 1.67 bits per heavy atom. The zero-order valence-corrected chi connectivity index (χ0v) is 16.1. The molecule has 0 spiro atoms. The molecule has 3 aromatic rings. The van der Waals surface area contributed by atoms with Crippen LogP contribution in [-0.4, -0.2) is 23.8 Å². The average Bonchev–Trinajstić information content (AvgIpc) is 2.75. The van der Waals surface area contributed by atoms with Crippen LogP contribution in [0.3, 0.4) is 0 Å². The summed E-state index contributed by atoms with van der Waals surface area (Å²) in [5.74, 6) is -0.368. The number of nitro groups is 1. The van der Waals surface area contributed by atoms with Crippen molar-refractivity contribution in [1.29, 1.82) is 0 Å². The van der Waals surface area contributed by atoms with Crippen LogP contribution in [0.4, 0.5) is 17.1 Å². The third kappa shape index (κ3) is 5.20. The lowest BCUT2D eigenvalue weighted by molar-refractivity contribution is -0.384. The minimum Gasteiger partial charge on any atom is -0.496 e. The van der Waals surface area contributed by atoms with Gasteiger partial charge < -0.3 is 15.4 Å². The highest BCUT2D eigenvalue weighted by Gasteiger charge is 2.18. The second-order valence-electron chi connectivity index (χ2n) is 6.38. The highest BCUT2D eigenvalue weighted by atomic mass is 16.6. The quantitative estimate of drug-likeness (QED) is 0.455. The molecule has 0 heterocycles. The van der Waals surface area contributed by atoms with Gasteiger partial charge in [-0.1, -0.05) is 30.3 Å². The van der Waals surface area contributed by atoms with E-state index in [2.05, 4.69) is 10.6 Å². The number of rotatable bonds is 7. The highest BCUT2D eigenvalue weighted by Crippen LogP contribution is 2.29. The molecule has 3 rings (SSSR count). The summed E-state index contributed by atoms with van der Waals surface area (Å²) in [5.41, 5.74) is 1.52. The molecule has 0 fully saturated rings. The molecule has 0 atom stereocenters. The Morgan fingerprint density at radius 3 is 2.30 bits per heavy atom. The summed E-state index contributed by atoms with van der Waals surface area (Å²) in [7, 11) is 1.40. The number of nitrogens with zero attached hydrogens (tertiary/aromatic N) is 1. The predicted molar refractivity (Wildman–Crippen MR) is 113 cm³/mol. The number of nitrogens with one attached hydrogen (secondary N) is 2. The first-order valence-electron chi connectivity index (χ1n) is 9.04. The number of hydrogen-bond acceptors (Lipinski definition) is 5. The Balaban J connectivity index is 1.65. The third-order valence-electron chi connectivity index (χ3n) is 4.29. The molecule has 8 nitrogen and oxygen atoms in total. The maximum absolute atomic E-state index is 12.5. The van der Waals surface area contributed by atoms with Crippen molar-refractivity contribution in [2.24, 2.45) is 0 Å². The molecule has 0 bridgehead atoms. The first kappa shape index (κ1) is 20.5. The number of anilines is 2. The van der Waals surface area contributed by atoms with E-state index in [-0.39, 0.29) is 23.7 Å². The van der Waals surface area contributed by atoms with Crippen LogP contribution in [0.5, 0.6) is 5.75 Å². The van der Waals surface area contributed by atoms with Crippen molar-refractivity contribution >= 4 is 28.9 Å². The summed E-state index contributed by atoms with van der Waals surface area (Å²) in [6, 6.07) is 19.8. The van der Waals surface area contributed by atoms with Crippen LogP contribution in [0.15, 0.2) is 72.8 Å². The lowest BCUT2D eigenvalue weighted by Gasteiger charge is -2.09. The number of carbonyl (C=O) groups excluding carboxylic acids is 2. The van der Waals surface area contributed by atoms with Gasteiger partial charge in [-0.25, -0.2) is 0 Å². The van der Waals surface area contributed by atoms with Gasteiger partial charge in [0.1, 0.15) is 11.4 Å². The zero-order chi connectivity index (χ0) is 21.5. The first-order valence-corrected chi connectivity index (χ1v) is 9.04. The van der Waals surface area contributed by atoms with Gasteiger partial charge in [-0.15, -0.1) is 0 Å². The van der Waals surface area contributed by atoms with Gasteiger partial charge in [0.2, 0.25) is 5.91 Å². The van der Waals surface area contributed by atoms with Gasteiger partial charge in [-0.05, 0) is 42.0 Å². The van der Waals surface area contributed by atoms with E-state index in [0.29, 0.717) is 17.0 Å². The third-order valence-corrected chi connectivity index (χ3v) is 4.29. The SMILES string of the molecule is COc1ccc(NC(=O)c2ccc(NC(=O)Cc3ccccc3)cc2)c([N+](=O)[O-])c1. The molecule has 30 heavy (non-hydrogen) atoms. The van der Waals surface area contributed by atoms with Gasteiger partial charge in [0.05, 0.1) is 24.5 Å². The molecule has 0 aliphatic rings. The minimum absolute atomic E-state index is 0.0611. The van der Waals surface area contributed by atoms with E-state index in [1.54, 1.807) is 12.1 Å². The molecule has 152 valence electrons. The fourth-order valence-electron chi connectivity index (χ4n) is 2.78. The van der Waals surface area contributed by atoms with Crippen molar-refractivity contribution in [3.8, 4) is 5.75 Å². The smallest absolute Gasteiger partial charge is 0.296 e. The number of amides is 2. The number of carbonyl (C=O) groups is 2. The lowest BCUT2D eigenvalue weighted by Crippen LogP contribution is -2.15. The van der Waals surface area contributed by atoms with Crippen molar-refractivity contribution in [1.82, 2.24) is 0 Å². The molecule has 0 saturated heterocycles. The van der Waals surface area contributed by atoms with Gasteiger partial charge in [-0.3, -0.25) is 19.7 Å². The Hall–Kier alpha value is -4.20.